The summed E-state index contributed by atoms with van der Waals surface area (Å²) in [7, 11) is 0. The van der Waals surface area contributed by atoms with E-state index in [1.165, 1.54) is 12.1 Å². The van der Waals surface area contributed by atoms with Crippen molar-refractivity contribution in [1.82, 2.24) is 10.6 Å². The van der Waals surface area contributed by atoms with Crippen LogP contribution in [0.5, 0.6) is 5.75 Å². The number of nitrogens with one attached hydrogen (secondary N) is 2. The number of hydrogen-bond donors (Lipinski definition) is 3. The van der Waals surface area contributed by atoms with Crippen LogP contribution in [0.4, 0.5) is 17.6 Å². The van der Waals surface area contributed by atoms with Gasteiger partial charge in [0, 0.05) is 13.1 Å². The minimum atomic E-state index is -4.34. The number of hydrogen-bond acceptors (Lipinski definition) is 3. The van der Waals surface area contributed by atoms with Crippen molar-refractivity contribution < 1.29 is 27.4 Å². The number of nitrogens with zero attached hydrogens (tertiary/aromatic N) is 1. The number of guanidine groups is 1. The Morgan fingerprint density at radius 3 is 2.27 bits per heavy atom. The van der Waals surface area contributed by atoms with Crippen LogP contribution >= 0.6 is 24.0 Å². The fourth-order valence-electron chi connectivity index (χ4n) is 2.38. The van der Waals surface area contributed by atoms with Gasteiger partial charge in [-0.05, 0) is 35.7 Å². The van der Waals surface area contributed by atoms with Gasteiger partial charge in [0.25, 0.3) is 0 Å². The first-order chi connectivity index (χ1) is 13.8. The number of aromatic hydroxyl groups is 1. The Kier molecular flexibility index (Phi) is 10.9. The standard InChI is InChI=1S/C20H23F4N3O2.HI/c1-2-25-19(27-11-16-7-8-18(28)17(21)9-16)26-10-14-3-5-15(6-4-14)12-29-13-20(22,23)24;/h3-9,28H,2,10-13H2,1H3,(H2,25,26,27);1H. The van der Waals surface area contributed by atoms with E-state index < -0.39 is 24.3 Å². The third-order valence-corrected chi connectivity index (χ3v) is 3.79. The number of phenolic OH excluding ortho intramolecular Hbond substituents is 1. The molecule has 0 saturated heterocycles. The van der Waals surface area contributed by atoms with Gasteiger partial charge in [-0.3, -0.25) is 0 Å². The molecule has 0 bridgehead atoms. The third-order valence-electron chi connectivity index (χ3n) is 3.79. The molecule has 2 aromatic carbocycles. The molecule has 0 unspecified atom stereocenters. The second kappa shape index (κ2) is 12.6. The van der Waals surface area contributed by atoms with Gasteiger partial charge in [0.15, 0.2) is 17.5 Å². The first kappa shape index (κ1) is 26.0. The van der Waals surface area contributed by atoms with Crippen molar-refractivity contribution in [2.75, 3.05) is 13.2 Å². The average molecular weight is 541 g/mol. The minimum Gasteiger partial charge on any atom is -0.505 e. The molecule has 0 aliphatic rings. The van der Waals surface area contributed by atoms with E-state index in [0.717, 1.165) is 5.56 Å². The molecule has 0 heterocycles. The molecule has 5 nitrogen and oxygen atoms in total. The lowest BCUT2D eigenvalue weighted by molar-refractivity contribution is -0.176. The molecule has 30 heavy (non-hydrogen) atoms. The summed E-state index contributed by atoms with van der Waals surface area (Å²) in [6.07, 6.45) is -4.34. The van der Waals surface area contributed by atoms with Gasteiger partial charge in [-0.2, -0.15) is 13.2 Å². The van der Waals surface area contributed by atoms with Gasteiger partial charge in [0.05, 0.1) is 13.2 Å². The summed E-state index contributed by atoms with van der Waals surface area (Å²) in [4.78, 5) is 4.37. The monoisotopic (exact) mass is 541 g/mol. The highest BCUT2D eigenvalue weighted by Gasteiger charge is 2.27. The van der Waals surface area contributed by atoms with Crippen LogP contribution in [0.1, 0.15) is 23.6 Å². The van der Waals surface area contributed by atoms with Crippen molar-refractivity contribution in [2.45, 2.75) is 32.8 Å². The van der Waals surface area contributed by atoms with Crippen LogP contribution in [-0.2, 0) is 24.4 Å². The van der Waals surface area contributed by atoms with Gasteiger partial charge >= 0.3 is 6.18 Å². The Morgan fingerprint density at radius 1 is 1.03 bits per heavy atom. The molecule has 2 aromatic rings. The first-order valence-electron chi connectivity index (χ1n) is 8.98. The summed E-state index contributed by atoms with van der Waals surface area (Å²) in [6, 6.07) is 11.1. The molecular weight excluding hydrogens is 517 g/mol. The van der Waals surface area contributed by atoms with Crippen molar-refractivity contribution in [3.05, 3.63) is 65.0 Å². The van der Waals surface area contributed by atoms with Crippen LogP contribution in [0.25, 0.3) is 0 Å². The van der Waals surface area contributed by atoms with Gasteiger partial charge in [-0.1, -0.05) is 30.3 Å². The Balaban J connectivity index is 0.00000450. The summed E-state index contributed by atoms with van der Waals surface area (Å²) < 4.78 is 54.3. The van der Waals surface area contributed by atoms with Crippen LogP contribution in [0, 0.1) is 5.82 Å². The third kappa shape index (κ3) is 9.61. The zero-order valence-corrected chi connectivity index (χ0v) is 18.6. The molecule has 0 aliphatic carbocycles. The molecule has 2 rings (SSSR count). The van der Waals surface area contributed by atoms with E-state index in [1.807, 2.05) is 6.92 Å². The summed E-state index contributed by atoms with van der Waals surface area (Å²) in [6.45, 7) is 1.82. The second-order valence-electron chi connectivity index (χ2n) is 6.26. The normalized spacial score (nSPS) is 11.7. The quantitative estimate of drug-likeness (QED) is 0.200. The van der Waals surface area contributed by atoms with Crippen LogP contribution in [0.3, 0.4) is 0 Å². The number of ether oxygens (including phenoxy) is 1. The number of alkyl halides is 3. The lowest BCUT2D eigenvalue weighted by Crippen LogP contribution is -2.36. The highest BCUT2D eigenvalue weighted by Crippen LogP contribution is 2.17. The Hall–Kier alpha value is -2.08. The van der Waals surface area contributed by atoms with Crippen molar-refractivity contribution in [3.63, 3.8) is 0 Å². The highest BCUT2D eigenvalue weighted by atomic mass is 127. The van der Waals surface area contributed by atoms with E-state index in [2.05, 4.69) is 20.4 Å². The molecular formula is C20H24F4IN3O2. The molecule has 10 heteroatoms. The lowest BCUT2D eigenvalue weighted by Gasteiger charge is -2.12. The van der Waals surface area contributed by atoms with Gasteiger partial charge in [0.1, 0.15) is 6.61 Å². The number of rotatable bonds is 8. The SMILES string of the molecule is CCNC(=NCc1ccc(O)c(F)c1)NCc1ccc(COCC(F)(F)F)cc1.I. The van der Waals surface area contributed by atoms with E-state index >= 15 is 0 Å². The molecule has 166 valence electrons. The Morgan fingerprint density at radius 2 is 1.67 bits per heavy atom. The summed E-state index contributed by atoms with van der Waals surface area (Å²) in [5.41, 5.74) is 2.17. The lowest BCUT2D eigenvalue weighted by atomic mass is 10.1. The van der Waals surface area contributed by atoms with Crippen LogP contribution < -0.4 is 10.6 Å². The van der Waals surface area contributed by atoms with E-state index in [-0.39, 0.29) is 37.1 Å². The maximum Gasteiger partial charge on any atom is 0.411 e. The highest BCUT2D eigenvalue weighted by molar-refractivity contribution is 14.0. The smallest absolute Gasteiger partial charge is 0.411 e. The maximum absolute atomic E-state index is 13.4. The van der Waals surface area contributed by atoms with E-state index in [9.17, 15) is 22.7 Å². The van der Waals surface area contributed by atoms with Gasteiger partial charge in [-0.15, -0.1) is 24.0 Å². The molecule has 0 saturated carbocycles. The Bertz CT molecular complexity index is 815. The van der Waals surface area contributed by atoms with Crippen LogP contribution in [0.2, 0.25) is 0 Å². The Labute approximate surface area is 189 Å². The molecule has 0 atom stereocenters. The van der Waals surface area contributed by atoms with Crippen molar-refractivity contribution in [1.29, 1.82) is 0 Å². The minimum absolute atomic E-state index is 0. The molecule has 0 spiro atoms. The fourth-order valence-corrected chi connectivity index (χ4v) is 2.38. The summed E-state index contributed by atoms with van der Waals surface area (Å²) in [5, 5.41) is 15.4. The average Bonchev–Trinajstić information content (AvgIpc) is 2.67. The van der Waals surface area contributed by atoms with E-state index in [0.29, 0.717) is 30.2 Å². The van der Waals surface area contributed by atoms with Crippen molar-refractivity contribution in [3.8, 4) is 5.75 Å². The topological polar surface area (TPSA) is 65.9 Å². The van der Waals surface area contributed by atoms with Crippen LogP contribution in [-0.4, -0.2) is 30.4 Å². The molecule has 3 N–H and O–H groups in total. The number of halogens is 5. The molecule has 0 radical (unpaired) electrons. The number of phenols is 1. The predicted octanol–water partition coefficient (Wildman–Crippen LogP) is 4.48. The molecule has 0 amide bonds. The van der Waals surface area contributed by atoms with Gasteiger partial charge in [0.2, 0.25) is 0 Å². The zero-order valence-electron chi connectivity index (χ0n) is 16.3. The maximum atomic E-state index is 13.4. The number of aliphatic imine (C=N–C) groups is 1. The van der Waals surface area contributed by atoms with E-state index in [1.54, 1.807) is 30.3 Å². The van der Waals surface area contributed by atoms with Crippen LogP contribution in [0.15, 0.2) is 47.5 Å². The molecule has 0 fully saturated rings. The molecule has 0 aromatic heterocycles. The number of benzene rings is 2. The van der Waals surface area contributed by atoms with E-state index in [4.69, 9.17) is 0 Å². The largest absolute Gasteiger partial charge is 0.505 e. The summed E-state index contributed by atoms with van der Waals surface area (Å²) >= 11 is 0. The van der Waals surface area contributed by atoms with Gasteiger partial charge < -0.3 is 20.5 Å². The van der Waals surface area contributed by atoms with Crippen molar-refractivity contribution >= 4 is 29.9 Å². The van der Waals surface area contributed by atoms with Crippen molar-refractivity contribution in [2.24, 2.45) is 4.99 Å². The second-order valence-corrected chi connectivity index (χ2v) is 6.26. The first-order valence-corrected chi connectivity index (χ1v) is 8.98. The summed E-state index contributed by atoms with van der Waals surface area (Å²) in [5.74, 6) is -0.580. The predicted molar refractivity (Wildman–Crippen MR) is 117 cm³/mol. The zero-order chi connectivity index (χ0) is 21.3. The fraction of sp³-hybridized carbons (Fsp3) is 0.350. The molecule has 0 aliphatic heterocycles. The van der Waals surface area contributed by atoms with Gasteiger partial charge in [-0.25, -0.2) is 9.38 Å².